The molecule has 6 heteroatoms. The van der Waals surface area contributed by atoms with Crippen molar-refractivity contribution in [3.8, 4) is 17.0 Å². The summed E-state index contributed by atoms with van der Waals surface area (Å²) in [5, 5.41) is 4.93. The molecule has 5 nitrogen and oxygen atoms in total. The molecule has 0 aliphatic carbocycles. The zero-order valence-corrected chi connectivity index (χ0v) is 15.5. The summed E-state index contributed by atoms with van der Waals surface area (Å²) < 4.78 is 6.17. The maximum Gasteiger partial charge on any atom is 0.261 e. The van der Waals surface area contributed by atoms with E-state index in [0.29, 0.717) is 6.54 Å². The van der Waals surface area contributed by atoms with Gasteiger partial charge in [0.2, 0.25) is 0 Å². The Morgan fingerprint density at radius 1 is 1.35 bits per heavy atom. The van der Waals surface area contributed by atoms with E-state index in [9.17, 15) is 4.79 Å². The molecule has 3 aromatic rings. The first kappa shape index (κ1) is 16.7. The number of aryl methyl sites for hydroxylation is 2. The fourth-order valence-corrected chi connectivity index (χ4v) is 4.07. The Morgan fingerprint density at radius 3 is 2.96 bits per heavy atom. The first-order chi connectivity index (χ1) is 12.6. The Morgan fingerprint density at radius 2 is 2.23 bits per heavy atom. The number of aromatic nitrogens is 2. The molecule has 2 aromatic heterocycles. The monoisotopic (exact) mass is 365 g/mol. The number of nitrogens with zero attached hydrogens (tertiary/aromatic N) is 2. The molecule has 1 aliphatic rings. The number of carbonyl (C=O) groups is 1. The molecule has 26 heavy (non-hydrogen) atoms. The largest absolute Gasteiger partial charge is 0.487 e. The smallest absolute Gasteiger partial charge is 0.261 e. The summed E-state index contributed by atoms with van der Waals surface area (Å²) in [5.74, 6) is 0.810. The molecule has 1 N–H and O–H groups in total. The second kappa shape index (κ2) is 6.88. The van der Waals surface area contributed by atoms with Gasteiger partial charge >= 0.3 is 0 Å². The summed E-state index contributed by atoms with van der Waals surface area (Å²) in [4.78, 5) is 21.6. The highest BCUT2D eigenvalue weighted by molar-refractivity contribution is 7.12. The van der Waals surface area contributed by atoms with Crippen LogP contribution in [0.15, 0.2) is 42.2 Å². The molecule has 0 saturated heterocycles. The predicted octanol–water partition coefficient (Wildman–Crippen LogP) is 3.56. The summed E-state index contributed by atoms with van der Waals surface area (Å²) >= 11 is 1.46. The summed E-state index contributed by atoms with van der Waals surface area (Å²) in [5.41, 5.74) is 5.06. The number of rotatable bonds is 4. The van der Waals surface area contributed by atoms with Gasteiger partial charge in [-0.2, -0.15) is 0 Å². The van der Waals surface area contributed by atoms with E-state index in [2.05, 4.69) is 34.3 Å². The van der Waals surface area contributed by atoms with E-state index in [-0.39, 0.29) is 12.0 Å². The normalized spacial score (nSPS) is 15.4. The van der Waals surface area contributed by atoms with Crippen LogP contribution in [-0.4, -0.2) is 28.5 Å². The zero-order chi connectivity index (χ0) is 18.1. The fourth-order valence-electron chi connectivity index (χ4n) is 3.23. The van der Waals surface area contributed by atoms with Crippen LogP contribution in [0.4, 0.5) is 0 Å². The van der Waals surface area contributed by atoms with Crippen molar-refractivity contribution in [3.63, 3.8) is 0 Å². The number of nitrogens with one attached hydrogen (secondary N) is 1. The minimum Gasteiger partial charge on any atom is -0.487 e. The van der Waals surface area contributed by atoms with Gasteiger partial charge in [-0.3, -0.25) is 14.8 Å². The second-order valence-corrected chi connectivity index (χ2v) is 7.39. The summed E-state index contributed by atoms with van der Waals surface area (Å²) in [6.45, 7) is 4.49. The Bertz CT molecular complexity index is 953. The SMILES string of the molecule is Cc1cc2c(c(-c3cnccn3)c1)O[C@@H](CNC(=O)c1sccc1C)C2. The quantitative estimate of drug-likeness (QED) is 0.768. The summed E-state index contributed by atoms with van der Waals surface area (Å²) in [7, 11) is 0. The molecule has 0 spiro atoms. The van der Waals surface area contributed by atoms with E-state index >= 15 is 0 Å². The third-order valence-corrected chi connectivity index (χ3v) is 5.46. The minimum atomic E-state index is -0.0774. The van der Waals surface area contributed by atoms with Crippen LogP contribution in [-0.2, 0) is 6.42 Å². The van der Waals surface area contributed by atoms with Crippen LogP contribution in [0.1, 0.15) is 26.4 Å². The number of benzene rings is 1. The van der Waals surface area contributed by atoms with Crippen molar-refractivity contribution in [2.45, 2.75) is 26.4 Å². The molecular weight excluding hydrogens is 346 g/mol. The van der Waals surface area contributed by atoms with Crippen LogP contribution >= 0.6 is 11.3 Å². The van der Waals surface area contributed by atoms with Gasteiger partial charge < -0.3 is 10.1 Å². The molecule has 0 unspecified atom stereocenters. The van der Waals surface area contributed by atoms with Gasteiger partial charge in [0.05, 0.1) is 23.3 Å². The van der Waals surface area contributed by atoms with Crippen LogP contribution in [0.2, 0.25) is 0 Å². The van der Waals surface area contributed by atoms with Crippen LogP contribution in [0.5, 0.6) is 5.75 Å². The minimum absolute atomic E-state index is 0.0395. The predicted molar refractivity (Wildman–Crippen MR) is 102 cm³/mol. The molecule has 1 aliphatic heterocycles. The standard InChI is InChI=1S/C20H19N3O2S/c1-12-7-14-9-15(10-23-20(24)19-13(2)3-6-26-19)25-18(14)16(8-12)17-11-21-4-5-22-17/h3-8,11,15H,9-10H2,1-2H3,(H,23,24)/t15-/m1/s1. The van der Waals surface area contributed by atoms with Crippen LogP contribution < -0.4 is 10.1 Å². The van der Waals surface area contributed by atoms with Gasteiger partial charge in [0.15, 0.2) is 0 Å². The lowest BCUT2D eigenvalue weighted by Gasteiger charge is -2.13. The number of fused-ring (bicyclic) bond motifs is 1. The van der Waals surface area contributed by atoms with Crippen molar-refractivity contribution in [3.05, 3.63) is 63.7 Å². The molecule has 0 saturated carbocycles. The Balaban J connectivity index is 1.51. The van der Waals surface area contributed by atoms with Crippen LogP contribution in [0.3, 0.4) is 0 Å². The third kappa shape index (κ3) is 3.20. The number of thiophene rings is 1. The highest BCUT2D eigenvalue weighted by Gasteiger charge is 2.27. The second-order valence-electron chi connectivity index (χ2n) is 6.48. The molecule has 1 atom stereocenters. The Hall–Kier alpha value is -2.73. The van der Waals surface area contributed by atoms with Gasteiger partial charge in [-0.1, -0.05) is 6.07 Å². The maximum absolute atomic E-state index is 12.3. The van der Waals surface area contributed by atoms with E-state index < -0.39 is 0 Å². The zero-order valence-electron chi connectivity index (χ0n) is 14.7. The first-order valence-corrected chi connectivity index (χ1v) is 9.38. The number of hydrogen-bond donors (Lipinski definition) is 1. The highest BCUT2D eigenvalue weighted by Crippen LogP contribution is 2.38. The number of ether oxygens (including phenoxy) is 1. The number of amides is 1. The third-order valence-electron chi connectivity index (χ3n) is 4.44. The van der Waals surface area contributed by atoms with Gasteiger partial charge in [-0.05, 0) is 48.1 Å². The van der Waals surface area contributed by atoms with E-state index in [1.54, 1.807) is 18.6 Å². The number of hydrogen-bond acceptors (Lipinski definition) is 5. The van der Waals surface area contributed by atoms with Crippen molar-refractivity contribution in [1.82, 2.24) is 15.3 Å². The van der Waals surface area contributed by atoms with E-state index in [1.807, 2.05) is 18.4 Å². The van der Waals surface area contributed by atoms with Gasteiger partial charge in [-0.25, -0.2) is 0 Å². The average Bonchev–Trinajstić information content (AvgIpc) is 3.25. The van der Waals surface area contributed by atoms with Crippen molar-refractivity contribution in [1.29, 1.82) is 0 Å². The topological polar surface area (TPSA) is 64.1 Å². The highest BCUT2D eigenvalue weighted by atomic mass is 32.1. The lowest BCUT2D eigenvalue weighted by Crippen LogP contribution is -2.34. The fraction of sp³-hybridized carbons (Fsp3) is 0.250. The van der Waals surface area contributed by atoms with Crippen molar-refractivity contribution in [2.75, 3.05) is 6.54 Å². The van der Waals surface area contributed by atoms with E-state index in [4.69, 9.17) is 4.74 Å². The Labute approximate surface area is 156 Å². The molecule has 1 aromatic carbocycles. The van der Waals surface area contributed by atoms with Gasteiger partial charge in [0.1, 0.15) is 11.9 Å². The van der Waals surface area contributed by atoms with Gasteiger partial charge in [0, 0.05) is 24.4 Å². The van der Waals surface area contributed by atoms with Crippen LogP contribution in [0, 0.1) is 13.8 Å². The van der Waals surface area contributed by atoms with E-state index in [0.717, 1.165) is 45.0 Å². The first-order valence-electron chi connectivity index (χ1n) is 8.50. The molecule has 3 heterocycles. The molecule has 0 radical (unpaired) electrons. The molecule has 0 bridgehead atoms. The Kier molecular flexibility index (Phi) is 4.42. The van der Waals surface area contributed by atoms with Gasteiger partial charge in [0.25, 0.3) is 5.91 Å². The van der Waals surface area contributed by atoms with E-state index in [1.165, 1.54) is 11.3 Å². The van der Waals surface area contributed by atoms with Crippen molar-refractivity contribution >= 4 is 17.2 Å². The molecular formula is C20H19N3O2S. The summed E-state index contributed by atoms with van der Waals surface area (Å²) in [6, 6.07) is 6.16. The maximum atomic E-state index is 12.3. The molecule has 132 valence electrons. The lowest BCUT2D eigenvalue weighted by molar-refractivity contribution is 0.0937. The molecule has 4 rings (SSSR count). The molecule has 0 fully saturated rings. The van der Waals surface area contributed by atoms with Crippen molar-refractivity contribution in [2.24, 2.45) is 0 Å². The molecule has 1 amide bonds. The number of carbonyl (C=O) groups excluding carboxylic acids is 1. The van der Waals surface area contributed by atoms with Crippen LogP contribution in [0.25, 0.3) is 11.3 Å². The van der Waals surface area contributed by atoms with Crippen molar-refractivity contribution < 1.29 is 9.53 Å². The lowest BCUT2D eigenvalue weighted by atomic mass is 10.0. The van der Waals surface area contributed by atoms with Gasteiger partial charge in [-0.15, -0.1) is 11.3 Å². The summed E-state index contributed by atoms with van der Waals surface area (Å²) in [6.07, 6.45) is 5.78. The average molecular weight is 365 g/mol.